The van der Waals surface area contributed by atoms with E-state index in [4.69, 9.17) is 9.84 Å². The lowest BCUT2D eigenvalue weighted by molar-refractivity contribution is -0.116. The summed E-state index contributed by atoms with van der Waals surface area (Å²) in [5.41, 5.74) is 0.614. The normalized spacial score (nSPS) is 14.1. The number of nitrogens with zero attached hydrogens (tertiary/aromatic N) is 5. The fourth-order valence-corrected chi connectivity index (χ4v) is 2.89. The van der Waals surface area contributed by atoms with Crippen molar-refractivity contribution in [1.82, 2.24) is 24.5 Å². The van der Waals surface area contributed by atoms with Crippen LogP contribution in [0.3, 0.4) is 0 Å². The second-order valence-electron chi connectivity index (χ2n) is 6.19. The van der Waals surface area contributed by atoms with Gasteiger partial charge in [0.2, 0.25) is 5.91 Å². The van der Waals surface area contributed by atoms with Gasteiger partial charge in [-0.2, -0.15) is 10.2 Å². The van der Waals surface area contributed by atoms with Crippen molar-refractivity contribution < 1.29 is 24.2 Å². The molecule has 2 aromatic heterocycles. The Morgan fingerprint density at radius 2 is 2.04 bits per heavy atom. The number of rotatable bonds is 7. The van der Waals surface area contributed by atoms with Gasteiger partial charge in [0, 0.05) is 38.8 Å². The second-order valence-corrected chi connectivity index (χ2v) is 6.19. The van der Waals surface area contributed by atoms with Crippen LogP contribution in [0.15, 0.2) is 18.5 Å². The molecule has 3 rings (SSSR count). The van der Waals surface area contributed by atoms with E-state index in [1.807, 2.05) is 6.92 Å². The third-order valence-electron chi connectivity index (χ3n) is 4.34. The first kappa shape index (κ1) is 19.5. The first-order valence-corrected chi connectivity index (χ1v) is 8.99. The van der Waals surface area contributed by atoms with Crippen LogP contribution < -0.4 is 5.32 Å². The predicted octanol–water partition coefficient (Wildman–Crippen LogP) is 0.299. The zero-order valence-corrected chi connectivity index (χ0v) is 15.5. The molecule has 0 spiro atoms. The summed E-state index contributed by atoms with van der Waals surface area (Å²) < 4.78 is 8.22. The number of aromatic nitrogens is 4. The minimum absolute atomic E-state index is 0.0726. The molecule has 0 saturated carbocycles. The average Bonchev–Trinajstić information content (AvgIpc) is 3.33. The van der Waals surface area contributed by atoms with E-state index in [0.29, 0.717) is 44.2 Å². The summed E-state index contributed by atoms with van der Waals surface area (Å²) >= 11 is 0. The van der Waals surface area contributed by atoms with Crippen LogP contribution in [0.25, 0.3) is 0 Å². The molecule has 0 radical (unpaired) electrons. The molecule has 3 heterocycles. The molecule has 150 valence electrons. The number of carbonyl (C=O) groups excluding carboxylic acids is 2. The summed E-state index contributed by atoms with van der Waals surface area (Å²) in [5, 5.41) is 19.7. The van der Waals surface area contributed by atoms with Gasteiger partial charge in [-0.25, -0.2) is 4.79 Å². The van der Waals surface area contributed by atoms with Crippen LogP contribution in [0.1, 0.15) is 34.3 Å². The highest BCUT2D eigenvalue weighted by Crippen LogP contribution is 2.19. The van der Waals surface area contributed by atoms with E-state index in [1.165, 1.54) is 23.1 Å². The summed E-state index contributed by atoms with van der Waals surface area (Å²) in [5.74, 6) is -1.64. The quantitative estimate of drug-likeness (QED) is 0.695. The van der Waals surface area contributed by atoms with E-state index in [9.17, 15) is 14.4 Å². The van der Waals surface area contributed by atoms with Crippen molar-refractivity contribution in [2.75, 3.05) is 31.6 Å². The largest absolute Gasteiger partial charge is 0.476 e. The minimum Gasteiger partial charge on any atom is -0.476 e. The number of anilines is 1. The van der Waals surface area contributed by atoms with Gasteiger partial charge in [-0.05, 0) is 13.0 Å². The third-order valence-corrected chi connectivity index (χ3v) is 4.34. The topological polar surface area (TPSA) is 132 Å². The van der Waals surface area contributed by atoms with Gasteiger partial charge in [-0.1, -0.05) is 0 Å². The number of amides is 2. The molecule has 0 bridgehead atoms. The Labute approximate surface area is 160 Å². The summed E-state index contributed by atoms with van der Waals surface area (Å²) in [6.07, 6.45) is 3.04. The molecular weight excluding hydrogens is 368 g/mol. The van der Waals surface area contributed by atoms with Crippen LogP contribution in [0, 0.1) is 0 Å². The highest BCUT2D eigenvalue weighted by molar-refractivity contribution is 6.02. The molecule has 1 aliphatic heterocycles. The van der Waals surface area contributed by atoms with Crippen LogP contribution in [-0.4, -0.2) is 73.7 Å². The van der Waals surface area contributed by atoms with Crippen molar-refractivity contribution in [2.45, 2.75) is 26.4 Å². The van der Waals surface area contributed by atoms with Crippen molar-refractivity contribution in [1.29, 1.82) is 0 Å². The van der Waals surface area contributed by atoms with E-state index in [1.54, 1.807) is 9.58 Å². The Hall–Kier alpha value is -3.21. The lowest BCUT2D eigenvalue weighted by Crippen LogP contribution is -2.41. The van der Waals surface area contributed by atoms with Crippen LogP contribution in [0.2, 0.25) is 0 Å². The molecule has 0 unspecified atom stereocenters. The molecule has 0 aliphatic carbocycles. The molecule has 2 amide bonds. The van der Waals surface area contributed by atoms with Gasteiger partial charge < -0.3 is 20.1 Å². The van der Waals surface area contributed by atoms with E-state index >= 15 is 0 Å². The van der Waals surface area contributed by atoms with Crippen molar-refractivity contribution >= 4 is 23.5 Å². The SMILES string of the molecule is CCn1ncc(NC(=O)CCn2ccc(C(=O)O)n2)c1C(=O)N1CCOCC1. The maximum absolute atomic E-state index is 12.9. The Bertz CT molecular complexity index is 867. The van der Waals surface area contributed by atoms with Crippen molar-refractivity contribution in [3.63, 3.8) is 0 Å². The first-order chi connectivity index (χ1) is 13.5. The number of carboxylic acids is 1. The van der Waals surface area contributed by atoms with Crippen LogP contribution in [0.5, 0.6) is 0 Å². The fourth-order valence-electron chi connectivity index (χ4n) is 2.89. The van der Waals surface area contributed by atoms with Gasteiger partial charge in [-0.3, -0.25) is 19.0 Å². The van der Waals surface area contributed by atoms with Crippen molar-refractivity contribution in [3.05, 3.63) is 29.8 Å². The minimum atomic E-state index is -1.12. The Balaban J connectivity index is 1.65. The molecule has 1 fully saturated rings. The zero-order chi connectivity index (χ0) is 20.1. The molecule has 0 atom stereocenters. The molecule has 11 heteroatoms. The van der Waals surface area contributed by atoms with Gasteiger partial charge in [0.15, 0.2) is 5.69 Å². The molecule has 28 heavy (non-hydrogen) atoms. The van der Waals surface area contributed by atoms with E-state index in [-0.39, 0.29) is 30.5 Å². The first-order valence-electron chi connectivity index (χ1n) is 8.99. The fraction of sp³-hybridized carbons (Fsp3) is 0.471. The molecule has 1 saturated heterocycles. The molecule has 2 N–H and O–H groups in total. The molecule has 1 aliphatic rings. The Kier molecular flexibility index (Phi) is 6.04. The number of morpholine rings is 1. The smallest absolute Gasteiger partial charge is 0.356 e. The summed E-state index contributed by atoms with van der Waals surface area (Å²) in [7, 11) is 0. The number of aryl methyl sites for hydroxylation is 2. The lowest BCUT2D eigenvalue weighted by atomic mass is 10.2. The average molecular weight is 390 g/mol. The highest BCUT2D eigenvalue weighted by atomic mass is 16.5. The molecule has 2 aromatic rings. The standard InChI is InChI=1S/C17H22N6O5/c1-2-23-15(16(25)21-7-9-28-10-8-21)13(11-18-23)19-14(24)4-6-22-5-3-12(20-22)17(26)27/h3,5,11H,2,4,6-10H2,1H3,(H,19,24)(H,26,27). The molecule has 11 nitrogen and oxygen atoms in total. The summed E-state index contributed by atoms with van der Waals surface area (Å²) in [6.45, 7) is 4.52. The van der Waals surface area contributed by atoms with Crippen molar-refractivity contribution in [3.8, 4) is 0 Å². The number of carboxylic acid groups (broad SMARTS) is 1. The van der Waals surface area contributed by atoms with Crippen LogP contribution in [-0.2, 0) is 22.6 Å². The maximum Gasteiger partial charge on any atom is 0.356 e. The van der Waals surface area contributed by atoms with E-state index in [2.05, 4.69) is 15.5 Å². The van der Waals surface area contributed by atoms with Crippen LogP contribution >= 0.6 is 0 Å². The monoisotopic (exact) mass is 390 g/mol. The zero-order valence-electron chi connectivity index (χ0n) is 15.5. The second kappa shape index (κ2) is 8.65. The van der Waals surface area contributed by atoms with E-state index < -0.39 is 5.97 Å². The lowest BCUT2D eigenvalue weighted by Gasteiger charge is -2.27. The Morgan fingerprint density at radius 1 is 1.29 bits per heavy atom. The molecular formula is C17H22N6O5. The van der Waals surface area contributed by atoms with Gasteiger partial charge in [0.05, 0.1) is 25.1 Å². The van der Waals surface area contributed by atoms with Gasteiger partial charge in [-0.15, -0.1) is 0 Å². The molecule has 0 aromatic carbocycles. The predicted molar refractivity (Wildman–Crippen MR) is 97.1 cm³/mol. The number of aromatic carboxylic acids is 1. The van der Waals surface area contributed by atoms with Crippen LogP contribution in [0.4, 0.5) is 5.69 Å². The highest BCUT2D eigenvalue weighted by Gasteiger charge is 2.26. The number of nitrogens with one attached hydrogen (secondary N) is 1. The summed E-state index contributed by atoms with van der Waals surface area (Å²) in [4.78, 5) is 37.7. The summed E-state index contributed by atoms with van der Waals surface area (Å²) in [6, 6.07) is 1.37. The number of hydrogen-bond donors (Lipinski definition) is 2. The third kappa shape index (κ3) is 4.36. The maximum atomic E-state index is 12.9. The van der Waals surface area contributed by atoms with E-state index in [0.717, 1.165) is 0 Å². The Morgan fingerprint density at radius 3 is 2.68 bits per heavy atom. The van der Waals surface area contributed by atoms with Gasteiger partial charge >= 0.3 is 5.97 Å². The van der Waals surface area contributed by atoms with Crippen molar-refractivity contribution in [2.24, 2.45) is 0 Å². The number of ether oxygens (including phenoxy) is 1. The van der Waals surface area contributed by atoms with Gasteiger partial charge in [0.25, 0.3) is 5.91 Å². The number of carbonyl (C=O) groups is 3. The number of hydrogen-bond acceptors (Lipinski definition) is 6. The van der Waals surface area contributed by atoms with Gasteiger partial charge in [0.1, 0.15) is 5.69 Å².